The molecule has 3 heterocycles. The van der Waals surface area contributed by atoms with E-state index in [1.54, 1.807) is 37.5 Å². The number of thiocarbonyl (C=S) groups is 1. The first-order chi connectivity index (χ1) is 15.0. The van der Waals surface area contributed by atoms with Crippen LogP contribution in [0.3, 0.4) is 0 Å². The maximum absolute atomic E-state index is 13.3. The van der Waals surface area contributed by atoms with Crippen molar-refractivity contribution in [3.63, 3.8) is 0 Å². The second kappa shape index (κ2) is 7.81. The number of carbonyl (C=O) groups excluding carboxylic acids is 2. The summed E-state index contributed by atoms with van der Waals surface area (Å²) in [5, 5.41) is 2.73. The summed E-state index contributed by atoms with van der Waals surface area (Å²) in [5.74, 6) is -0.212. The van der Waals surface area contributed by atoms with Gasteiger partial charge in [-0.05, 0) is 97.1 Å². The maximum Gasteiger partial charge on any atom is 0.270 e. The number of nitrogens with zero attached hydrogens (tertiary/aromatic N) is 2. The van der Waals surface area contributed by atoms with Gasteiger partial charge in [-0.25, -0.2) is 0 Å². The van der Waals surface area contributed by atoms with Crippen molar-refractivity contribution in [3.8, 4) is 5.75 Å². The minimum atomic E-state index is -0.465. The number of benzene rings is 2. The lowest BCUT2D eigenvalue weighted by Gasteiger charge is -2.37. The van der Waals surface area contributed by atoms with Crippen LogP contribution in [0, 0.1) is 0 Å². The molecule has 0 aliphatic carbocycles. The number of nitrogens with one attached hydrogen (secondary N) is 1. The average molecular weight is 434 g/mol. The molecule has 3 aliphatic rings. The molecule has 0 atom stereocenters. The number of hydrogen-bond acceptors (Lipinski definition) is 5. The summed E-state index contributed by atoms with van der Waals surface area (Å²) in [7, 11) is 1.58. The lowest BCUT2D eigenvalue weighted by molar-refractivity contribution is -0.122. The van der Waals surface area contributed by atoms with Gasteiger partial charge >= 0.3 is 0 Å². The van der Waals surface area contributed by atoms with E-state index in [4.69, 9.17) is 17.0 Å². The normalized spacial score (nSPS) is 19.4. The number of hydrogen-bond donors (Lipinski definition) is 1. The van der Waals surface area contributed by atoms with E-state index in [0.29, 0.717) is 11.4 Å². The standard InChI is InChI=1S/C24H23N3O3S/c1-30-19-8-6-18(7-9-19)27-23(29)20(22(28)25-24(27)31)14-15-12-16-4-2-10-26-11-3-5-17(13-15)21(16)26/h6-9,12-14H,2-5,10-11H2,1H3,(H,25,28,31)/b20-14-. The summed E-state index contributed by atoms with van der Waals surface area (Å²) in [4.78, 5) is 29.8. The van der Waals surface area contributed by atoms with E-state index in [-0.39, 0.29) is 10.7 Å². The van der Waals surface area contributed by atoms with Crippen LogP contribution in [0.2, 0.25) is 0 Å². The maximum atomic E-state index is 13.3. The topological polar surface area (TPSA) is 61.9 Å². The predicted octanol–water partition coefficient (Wildman–Crippen LogP) is 3.23. The van der Waals surface area contributed by atoms with Crippen LogP contribution in [-0.2, 0) is 22.4 Å². The van der Waals surface area contributed by atoms with Crippen molar-refractivity contribution in [2.45, 2.75) is 25.7 Å². The minimum absolute atomic E-state index is 0.0773. The minimum Gasteiger partial charge on any atom is -0.497 e. The number of ether oxygens (including phenoxy) is 1. The van der Waals surface area contributed by atoms with E-state index >= 15 is 0 Å². The van der Waals surface area contributed by atoms with E-state index in [9.17, 15) is 9.59 Å². The van der Waals surface area contributed by atoms with Crippen LogP contribution in [0.15, 0.2) is 42.0 Å². The SMILES string of the molecule is COc1ccc(N2C(=O)/C(=C\c3cc4c5c(c3)CCCN5CCC4)C(=O)NC2=S)cc1. The van der Waals surface area contributed by atoms with E-state index in [0.717, 1.165) is 44.3 Å². The molecule has 0 bridgehead atoms. The summed E-state index contributed by atoms with van der Waals surface area (Å²) in [6.07, 6.45) is 6.01. The molecule has 0 saturated carbocycles. The van der Waals surface area contributed by atoms with Crippen molar-refractivity contribution < 1.29 is 14.3 Å². The highest BCUT2D eigenvalue weighted by Crippen LogP contribution is 2.36. The van der Waals surface area contributed by atoms with Gasteiger partial charge in [0.15, 0.2) is 5.11 Å². The molecule has 1 saturated heterocycles. The third-order valence-electron chi connectivity index (χ3n) is 6.10. The first-order valence-corrected chi connectivity index (χ1v) is 10.9. The van der Waals surface area contributed by atoms with E-state index in [2.05, 4.69) is 22.3 Å². The van der Waals surface area contributed by atoms with Gasteiger partial charge in [-0.1, -0.05) is 0 Å². The highest BCUT2D eigenvalue weighted by Gasteiger charge is 2.34. The Labute approximate surface area is 186 Å². The van der Waals surface area contributed by atoms with E-state index in [1.165, 1.54) is 21.7 Å². The second-order valence-electron chi connectivity index (χ2n) is 8.04. The molecule has 31 heavy (non-hydrogen) atoms. The Balaban J connectivity index is 1.52. The van der Waals surface area contributed by atoms with E-state index in [1.807, 2.05) is 0 Å². The lowest BCUT2D eigenvalue weighted by Crippen LogP contribution is -2.54. The molecule has 0 unspecified atom stereocenters. The lowest BCUT2D eigenvalue weighted by atomic mass is 9.89. The third-order valence-corrected chi connectivity index (χ3v) is 6.38. The predicted molar refractivity (Wildman–Crippen MR) is 124 cm³/mol. The Morgan fingerprint density at radius 3 is 2.29 bits per heavy atom. The molecule has 158 valence electrons. The molecule has 6 nitrogen and oxygen atoms in total. The summed E-state index contributed by atoms with van der Waals surface area (Å²) in [5.41, 5.74) is 5.53. The van der Waals surface area contributed by atoms with Gasteiger partial charge in [0.2, 0.25) is 0 Å². The Hall–Kier alpha value is -3.19. The first kappa shape index (κ1) is 19.8. The third kappa shape index (κ3) is 3.49. The van der Waals surface area contributed by atoms with Crippen molar-refractivity contribution in [1.82, 2.24) is 5.32 Å². The van der Waals surface area contributed by atoms with Crippen molar-refractivity contribution in [1.29, 1.82) is 0 Å². The van der Waals surface area contributed by atoms with Gasteiger partial charge in [-0.2, -0.15) is 0 Å². The van der Waals surface area contributed by atoms with Gasteiger partial charge in [0.05, 0.1) is 12.8 Å². The van der Waals surface area contributed by atoms with Gasteiger partial charge in [0.25, 0.3) is 11.8 Å². The van der Waals surface area contributed by atoms with Gasteiger partial charge in [0.1, 0.15) is 11.3 Å². The number of carbonyl (C=O) groups is 2. The molecule has 2 amide bonds. The first-order valence-electron chi connectivity index (χ1n) is 10.5. The Kier molecular flexibility index (Phi) is 4.98. The van der Waals surface area contributed by atoms with Crippen LogP contribution in [0.5, 0.6) is 5.75 Å². The van der Waals surface area contributed by atoms with Crippen molar-refractivity contribution in [2.24, 2.45) is 0 Å². The van der Waals surface area contributed by atoms with Gasteiger partial charge in [0, 0.05) is 18.8 Å². The van der Waals surface area contributed by atoms with Crippen LogP contribution in [0.1, 0.15) is 29.5 Å². The zero-order valence-corrected chi connectivity index (χ0v) is 18.1. The van der Waals surface area contributed by atoms with Gasteiger partial charge < -0.3 is 9.64 Å². The number of aryl methyl sites for hydroxylation is 2. The molecule has 7 heteroatoms. The number of rotatable bonds is 3. The highest BCUT2D eigenvalue weighted by atomic mass is 32.1. The molecule has 3 aliphatic heterocycles. The molecular formula is C24H23N3O3S. The fraction of sp³-hybridized carbons (Fsp3) is 0.292. The Bertz CT molecular complexity index is 1090. The molecule has 2 aromatic rings. The van der Waals surface area contributed by atoms with Crippen LogP contribution < -0.4 is 19.9 Å². The van der Waals surface area contributed by atoms with Crippen LogP contribution >= 0.6 is 12.2 Å². The van der Waals surface area contributed by atoms with Crippen molar-refractivity contribution in [2.75, 3.05) is 30.0 Å². The molecular weight excluding hydrogens is 410 g/mol. The van der Waals surface area contributed by atoms with Crippen LogP contribution in [0.25, 0.3) is 6.08 Å². The zero-order chi connectivity index (χ0) is 21.5. The highest BCUT2D eigenvalue weighted by molar-refractivity contribution is 7.80. The summed E-state index contributed by atoms with van der Waals surface area (Å²) in [6, 6.07) is 11.2. The molecule has 1 N–H and O–H groups in total. The Morgan fingerprint density at radius 2 is 1.68 bits per heavy atom. The molecule has 0 radical (unpaired) electrons. The van der Waals surface area contributed by atoms with Crippen molar-refractivity contribution in [3.05, 3.63) is 58.7 Å². The van der Waals surface area contributed by atoms with Crippen molar-refractivity contribution >= 4 is 46.6 Å². The van der Waals surface area contributed by atoms with Gasteiger partial charge in [-0.3, -0.25) is 19.8 Å². The zero-order valence-electron chi connectivity index (χ0n) is 17.3. The average Bonchev–Trinajstić information content (AvgIpc) is 2.77. The fourth-order valence-electron chi connectivity index (χ4n) is 4.70. The molecule has 5 rings (SSSR count). The number of methoxy groups -OCH3 is 1. The summed E-state index contributed by atoms with van der Waals surface area (Å²) in [6.45, 7) is 2.21. The largest absolute Gasteiger partial charge is 0.497 e. The van der Waals surface area contributed by atoms with E-state index < -0.39 is 11.8 Å². The number of amides is 2. The summed E-state index contributed by atoms with van der Waals surface area (Å²) >= 11 is 5.29. The monoisotopic (exact) mass is 433 g/mol. The van der Waals surface area contributed by atoms with Crippen LogP contribution in [0.4, 0.5) is 11.4 Å². The molecule has 1 fully saturated rings. The van der Waals surface area contributed by atoms with Crippen LogP contribution in [-0.4, -0.2) is 37.1 Å². The molecule has 0 spiro atoms. The Morgan fingerprint density at radius 1 is 1.03 bits per heavy atom. The quantitative estimate of drug-likeness (QED) is 0.458. The van der Waals surface area contributed by atoms with Gasteiger partial charge in [-0.15, -0.1) is 0 Å². The smallest absolute Gasteiger partial charge is 0.270 e. The fourth-order valence-corrected chi connectivity index (χ4v) is 4.98. The molecule has 2 aromatic carbocycles. The second-order valence-corrected chi connectivity index (χ2v) is 8.42. The molecule has 0 aromatic heterocycles. The number of anilines is 2. The summed E-state index contributed by atoms with van der Waals surface area (Å²) < 4.78 is 5.19.